The van der Waals surface area contributed by atoms with Gasteiger partial charge < -0.3 is 10.1 Å². The van der Waals surface area contributed by atoms with E-state index >= 15 is 0 Å². The first-order chi connectivity index (χ1) is 8.88. The maximum Gasteiger partial charge on any atom is 0.119 e. The molecule has 1 aromatic carbocycles. The Morgan fingerprint density at radius 3 is 2.94 bits per heavy atom. The third-order valence-electron chi connectivity index (χ3n) is 3.19. The van der Waals surface area contributed by atoms with Crippen LogP contribution in [0, 0.1) is 0 Å². The summed E-state index contributed by atoms with van der Waals surface area (Å²) in [5.41, 5.74) is 1.32. The summed E-state index contributed by atoms with van der Waals surface area (Å²) in [6, 6.07) is 9.14. The standard InChI is InChI=1S/C15H23NOS/c1-2-8-17-15-5-3-4-13(11-15)12-16-14-6-9-18-10-7-14/h3-5,11,14,16H,2,6-10,12H2,1H3. The molecule has 2 rings (SSSR count). The van der Waals surface area contributed by atoms with E-state index in [2.05, 4.69) is 42.2 Å². The largest absolute Gasteiger partial charge is 0.494 e. The molecule has 0 spiro atoms. The van der Waals surface area contributed by atoms with E-state index in [1.807, 2.05) is 6.07 Å². The van der Waals surface area contributed by atoms with Crippen molar-refractivity contribution in [2.45, 2.75) is 38.8 Å². The molecule has 1 N–H and O–H groups in total. The molecule has 0 saturated carbocycles. The molecule has 1 aromatic rings. The van der Waals surface area contributed by atoms with Crippen LogP contribution in [0.15, 0.2) is 24.3 Å². The van der Waals surface area contributed by atoms with Crippen LogP contribution in [0.1, 0.15) is 31.7 Å². The number of thioether (sulfide) groups is 1. The second kappa shape index (κ2) is 7.70. The van der Waals surface area contributed by atoms with Crippen LogP contribution in [-0.4, -0.2) is 24.2 Å². The van der Waals surface area contributed by atoms with Crippen LogP contribution >= 0.6 is 11.8 Å². The molecule has 1 saturated heterocycles. The second-order valence-corrected chi connectivity index (χ2v) is 5.99. The van der Waals surface area contributed by atoms with E-state index in [-0.39, 0.29) is 0 Å². The number of ether oxygens (including phenoxy) is 1. The maximum absolute atomic E-state index is 5.66. The molecule has 2 nitrogen and oxygen atoms in total. The van der Waals surface area contributed by atoms with Crippen molar-refractivity contribution in [2.75, 3.05) is 18.1 Å². The fraction of sp³-hybridized carbons (Fsp3) is 0.600. The predicted octanol–water partition coefficient (Wildman–Crippen LogP) is 3.46. The van der Waals surface area contributed by atoms with Crippen LogP contribution in [-0.2, 0) is 6.54 Å². The van der Waals surface area contributed by atoms with Gasteiger partial charge in [0.25, 0.3) is 0 Å². The van der Waals surface area contributed by atoms with E-state index in [0.717, 1.165) is 25.3 Å². The highest BCUT2D eigenvalue weighted by molar-refractivity contribution is 7.99. The van der Waals surface area contributed by atoms with Crippen molar-refractivity contribution in [2.24, 2.45) is 0 Å². The smallest absolute Gasteiger partial charge is 0.119 e. The molecule has 1 aliphatic rings. The number of benzene rings is 1. The number of hydrogen-bond acceptors (Lipinski definition) is 3. The minimum Gasteiger partial charge on any atom is -0.494 e. The van der Waals surface area contributed by atoms with Crippen molar-refractivity contribution in [3.05, 3.63) is 29.8 Å². The van der Waals surface area contributed by atoms with Crippen LogP contribution in [0.3, 0.4) is 0 Å². The molecule has 1 fully saturated rings. The van der Waals surface area contributed by atoms with Gasteiger partial charge in [-0.15, -0.1) is 0 Å². The number of rotatable bonds is 6. The summed E-state index contributed by atoms with van der Waals surface area (Å²) in [5, 5.41) is 3.65. The molecular weight excluding hydrogens is 242 g/mol. The molecule has 0 amide bonds. The second-order valence-electron chi connectivity index (χ2n) is 4.76. The monoisotopic (exact) mass is 265 g/mol. The highest BCUT2D eigenvalue weighted by Crippen LogP contribution is 2.18. The minimum atomic E-state index is 0.700. The highest BCUT2D eigenvalue weighted by atomic mass is 32.2. The van der Waals surface area contributed by atoms with Crippen LogP contribution in [0.4, 0.5) is 0 Å². The Balaban J connectivity index is 1.80. The maximum atomic E-state index is 5.66. The van der Waals surface area contributed by atoms with Gasteiger partial charge in [-0.25, -0.2) is 0 Å². The van der Waals surface area contributed by atoms with E-state index in [0.29, 0.717) is 6.04 Å². The van der Waals surface area contributed by atoms with E-state index in [4.69, 9.17) is 4.74 Å². The lowest BCUT2D eigenvalue weighted by molar-refractivity contribution is 0.317. The van der Waals surface area contributed by atoms with Crippen molar-refractivity contribution in [1.82, 2.24) is 5.32 Å². The number of hydrogen-bond donors (Lipinski definition) is 1. The van der Waals surface area contributed by atoms with Gasteiger partial charge in [0.15, 0.2) is 0 Å². The van der Waals surface area contributed by atoms with E-state index in [1.54, 1.807) is 0 Å². The third kappa shape index (κ3) is 4.54. The topological polar surface area (TPSA) is 21.3 Å². The molecule has 1 aliphatic heterocycles. The summed E-state index contributed by atoms with van der Waals surface area (Å²) < 4.78 is 5.66. The summed E-state index contributed by atoms with van der Waals surface area (Å²) >= 11 is 2.07. The Labute approximate surface area is 114 Å². The first-order valence-corrected chi connectivity index (χ1v) is 8.07. The lowest BCUT2D eigenvalue weighted by Crippen LogP contribution is -2.32. The van der Waals surface area contributed by atoms with Gasteiger partial charge in [-0.05, 0) is 48.5 Å². The van der Waals surface area contributed by atoms with Gasteiger partial charge in [0.05, 0.1) is 6.61 Å². The Kier molecular flexibility index (Phi) is 5.88. The van der Waals surface area contributed by atoms with Gasteiger partial charge in [0, 0.05) is 12.6 Å². The zero-order valence-electron chi connectivity index (χ0n) is 11.2. The quantitative estimate of drug-likeness (QED) is 0.851. The van der Waals surface area contributed by atoms with Gasteiger partial charge in [-0.1, -0.05) is 19.1 Å². The minimum absolute atomic E-state index is 0.700. The van der Waals surface area contributed by atoms with Crippen molar-refractivity contribution in [3.63, 3.8) is 0 Å². The van der Waals surface area contributed by atoms with Crippen molar-refractivity contribution in [1.29, 1.82) is 0 Å². The predicted molar refractivity (Wildman–Crippen MR) is 79.4 cm³/mol. The average molecular weight is 265 g/mol. The summed E-state index contributed by atoms with van der Waals surface area (Å²) in [6.07, 6.45) is 3.66. The van der Waals surface area contributed by atoms with Crippen LogP contribution < -0.4 is 10.1 Å². The Hall–Kier alpha value is -0.670. The molecular formula is C15H23NOS. The molecule has 18 heavy (non-hydrogen) atoms. The highest BCUT2D eigenvalue weighted by Gasteiger charge is 2.12. The van der Waals surface area contributed by atoms with Crippen LogP contribution in [0.25, 0.3) is 0 Å². The van der Waals surface area contributed by atoms with Crippen molar-refractivity contribution >= 4 is 11.8 Å². The lowest BCUT2D eigenvalue weighted by atomic mass is 10.1. The first-order valence-electron chi connectivity index (χ1n) is 6.91. The average Bonchev–Trinajstić information content (AvgIpc) is 2.44. The third-order valence-corrected chi connectivity index (χ3v) is 4.24. The molecule has 0 bridgehead atoms. The van der Waals surface area contributed by atoms with Crippen molar-refractivity contribution in [3.8, 4) is 5.75 Å². The molecule has 1 heterocycles. The van der Waals surface area contributed by atoms with E-state index in [9.17, 15) is 0 Å². The van der Waals surface area contributed by atoms with Crippen LogP contribution in [0.5, 0.6) is 5.75 Å². The molecule has 0 aliphatic carbocycles. The van der Waals surface area contributed by atoms with Crippen molar-refractivity contribution < 1.29 is 4.74 Å². The van der Waals surface area contributed by atoms with Gasteiger partial charge in [-0.2, -0.15) is 11.8 Å². The van der Waals surface area contributed by atoms with Crippen LogP contribution in [0.2, 0.25) is 0 Å². The molecule has 0 atom stereocenters. The summed E-state index contributed by atoms with van der Waals surface area (Å²) in [5.74, 6) is 3.60. The molecule has 0 unspecified atom stereocenters. The van der Waals surface area contributed by atoms with E-state index < -0.39 is 0 Å². The Morgan fingerprint density at radius 1 is 1.33 bits per heavy atom. The Bertz CT molecular complexity index is 350. The summed E-state index contributed by atoms with van der Waals surface area (Å²) in [7, 11) is 0. The summed E-state index contributed by atoms with van der Waals surface area (Å²) in [4.78, 5) is 0. The van der Waals surface area contributed by atoms with Gasteiger partial charge in [-0.3, -0.25) is 0 Å². The molecule has 3 heteroatoms. The normalized spacial score (nSPS) is 16.7. The fourth-order valence-electron chi connectivity index (χ4n) is 2.13. The zero-order chi connectivity index (χ0) is 12.6. The van der Waals surface area contributed by atoms with E-state index in [1.165, 1.54) is 29.9 Å². The summed E-state index contributed by atoms with van der Waals surface area (Å²) in [6.45, 7) is 3.89. The molecule has 0 radical (unpaired) electrons. The number of nitrogens with one attached hydrogen (secondary N) is 1. The molecule has 0 aromatic heterocycles. The van der Waals surface area contributed by atoms with Gasteiger partial charge in [0.1, 0.15) is 5.75 Å². The van der Waals surface area contributed by atoms with Gasteiger partial charge >= 0.3 is 0 Å². The Morgan fingerprint density at radius 2 is 2.17 bits per heavy atom. The lowest BCUT2D eigenvalue weighted by Gasteiger charge is -2.22. The fourth-order valence-corrected chi connectivity index (χ4v) is 3.24. The van der Waals surface area contributed by atoms with Gasteiger partial charge in [0.2, 0.25) is 0 Å². The SMILES string of the molecule is CCCOc1cccc(CNC2CCSCC2)c1. The molecule has 100 valence electrons. The zero-order valence-corrected chi connectivity index (χ0v) is 12.0. The first kappa shape index (κ1) is 13.8.